The lowest BCUT2D eigenvalue weighted by Gasteiger charge is -1.91. The predicted molar refractivity (Wildman–Crippen MR) is 57.6 cm³/mol. The summed E-state index contributed by atoms with van der Waals surface area (Å²) in [5, 5.41) is 23.2. The second kappa shape index (κ2) is 4.15. The standard InChI is InChI=1S/C9H6N2O4S/c12-10-8(11(13)14)6-16-9(10)4-3-7-2-1-5-15-7/h1-6H. The van der Waals surface area contributed by atoms with Crippen LogP contribution in [0.15, 0.2) is 28.2 Å². The van der Waals surface area contributed by atoms with E-state index in [0.29, 0.717) is 5.76 Å². The quantitative estimate of drug-likeness (QED) is 0.354. The molecule has 0 bridgehead atoms. The van der Waals surface area contributed by atoms with Crippen LogP contribution in [0.1, 0.15) is 10.8 Å². The first-order valence-corrected chi connectivity index (χ1v) is 5.13. The number of nitrogens with zero attached hydrogens (tertiary/aromatic N) is 2. The number of aromatic nitrogens is 1. The average molecular weight is 238 g/mol. The van der Waals surface area contributed by atoms with E-state index in [1.54, 1.807) is 18.2 Å². The lowest BCUT2D eigenvalue weighted by Crippen LogP contribution is -2.29. The Morgan fingerprint density at radius 3 is 2.88 bits per heavy atom. The lowest BCUT2D eigenvalue weighted by atomic mass is 10.4. The van der Waals surface area contributed by atoms with Crippen molar-refractivity contribution < 1.29 is 14.1 Å². The molecule has 2 heterocycles. The molecule has 82 valence electrons. The van der Waals surface area contributed by atoms with Crippen molar-refractivity contribution >= 4 is 29.3 Å². The van der Waals surface area contributed by atoms with E-state index in [0.717, 1.165) is 11.3 Å². The first kappa shape index (κ1) is 10.4. The van der Waals surface area contributed by atoms with E-state index >= 15 is 0 Å². The van der Waals surface area contributed by atoms with Gasteiger partial charge in [-0.25, -0.2) is 0 Å². The molecule has 2 aromatic heterocycles. The predicted octanol–water partition coefficient (Wildman–Crippen LogP) is 2.05. The van der Waals surface area contributed by atoms with Crippen molar-refractivity contribution in [2.45, 2.75) is 0 Å². The molecule has 7 heteroatoms. The zero-order chi connectivity index (χ0) is 11.5. The third-order valence-corrected chi connectivity index (χ3v) is 2.69. The summed E-state index contributed by atoms with van der Waals surface area (Å²) in [5.41, 5.74) is 0. The van der Waals surface area contributed by atoms with Crippen molar-refractivity contribution in [2.24, 2.45) is 0 Å². The molecule has 6 nitrogen and oxygen atoms in total. The minimum Gasteiger partial charge on any atom is -0.613 e. The Balaban J connectivity index is 2.26. The number of furan rings is 1. The van der Waals surface area contributed by atoms with E-state index in [9.17, 15) is 15.3 Å². The highest BCUT2D eigenvalue weighted by molar-refractivity contribution is 7.10. The van der Waals surface area contributed by atoms with Crippen molar-refractivity contribution in [3.63, 3.8) is 0 Å². The Morgan fingerprint density at radius 1 is 1.50 bits per heavy atom. The molecule has 0 atom stereocenters. The van der Waals surface area contributed by atoms with Crippen molar-refractivity contribution in [1.29, 1.82) is 0 Å². The Labute approximate surface area is 93.8 Å². The maximum Gasteiger partial charge on any atom is 0.524 e. The summed E-state index contributed by atoms with van der Waals surface area (Å²) in [7, 11) is 0. The molecule has 0 aromatic carbocycles. The van der Waals surface area contributed by atoms with Crippen LogP contribution in [-0.2, 0) is 0 Å². The van der Waals surface area contributed by atoms with Gasteiger partial charge in [0.2, 0.25) is 0 Å². The fourth-order valence-corrected chi connectivity index (χ4v) is 1.83. The Bertz CT molecular complexity index is 530. The SMILES string of the molecule is O=[N+]([O-])c1csc(C=Cc2ccco2)[n+]1[O-]. The second-order valence-corrected chi connectivity index (χ2v) is 3.72. The molecule has 2 aromatic rings. The molecule has 0 aliphatic rings. The first-order chi connectivity index (χ1) is 7.68. The van der Waals surface area contributed by atoms with Gasteiger partial charge in [0.1, 0.15) is 16.1 Å². The van der Waals surface area contributed by atoms with Crippen LogP contribution in [0.25, 0.3) is 12.2 Å². The van der Waals surface area contributed by atoms with E-state index in [1.807, 2.05) is 0 Å². The van der Waals surface area contributed by atoms with E-state index in [-0.39, 0.29) is 9.74 Å². The minimum atomic E-state index is -0.715. The zero-order valence-corrected chi connectivity index (χ0v) is 8.72. The normalized spacial score (nSPS) is 11.0. The molecule has 0 saturated carbocycles. The minimum absolute atomic E-state index is 0.239. The maximum absolute atomic E-state index is 11.4. The van der Waals surface area contributed by atoms with Crippen LogP contribution in [0.3, 0.4) is 0 Å². The highest BCUT2D eigenvalue weighted by atomic mass is 32.1. The fourth-order valence-electron chi connectivity index (χ4n) is 1.09. The highest BCUT2D eigenvalue weighted by Gasteiger charge is 2.23. The van der Waals surface area contributed by atoms with Crippen LogP contribution in [-0.4, -0.2) is 4.92 Å². The summed E-state index contributed by atoms with van der Waals surface area (Å²) in [6.07, 6.45) is 4.55. The number of hydrogen-bond donors (Lipinski definition) is 0. The number of thiazole rings is 1. The first-order valence-electron chi connectivity index (χ1n) is 4.25. The highest BCUT2D eigenvalue weighted by Crippen LogP contribution is 2.16. The summed E-state index contributed by atoms with van der Waals surface area (Å²) in [4.78, 5) is 9.70. The molecular weight excluding hydrogens is 232 g/mol. The van der Waals surface area contributed by atoms with Crippen molar-refractivity contribution in [2.75, 3.05) is 0 Å². The molecule has 0 aliphatic heterocycles. The van der Waals surface area contributed by atoms with Gasteiger partial charge in [-0.1, -0.05) is 16.1 Å². The molecular formula is C9H6N2O4S. The number of hydrogen-bond acceptors (Lipinski definition) is 5. The molecule has 0 fully saturated rings. The summed E-state index contributed by atoms with van der Waals surface area (Å²) in [6.45, 7) is 0. The molecule has 0 unspecified atom stereocenters. The lowest BCUT2D eigenvalue weighted by molar-refractivity contribution is -0.661. The monoisotopic (exact) mass is 238 g/mol. The average Bonchev–Trinajstić information content (AvgIpc) is 2.84. The third kappa shape index (κ3) is 1.94. The Morgan fingerprint density at radius 2 is 2.31 bits per heavy atom. The van der Waals surface area contributed by atoms with Crippen molar-refractivity contribution in [3.05, 3.63) is 49.9 Å². The van der Waals surface area contributed by atoms with Gasteiger partial charge in [0.15, 0.2) is 0 Å². The van der Waals surface area contributed by atoms with Crippen LogP contribution >= 0.6 is 11.3 Å². The summed E-state index contributed by atoms with van der Waals surface area (Å²) < 4.78 is 5.30. The van der Waals surface area contributed by atoms with E-state index < -0.39 is 10.7 Å². The van der Waals surface area contributed by atoms with Gasteiger partial charge in [-0.15, -0.1) is 0 Å². The molecule has 0 saturated heterocycles. The Kier molecular flexibility index (Phi) is 2.69. The van der Waals surface area contributed by atoms with Gasteiger partial charge in [0.05, 0.1) is 6.26 Å². The molecule has 0 spiro atoms. The topological polar surface area (TPSA) is 83.2 Å². The molecule has 0 N–H and O–H groups in total. The van der Waals surface area contributed by atoms with Crippen LogP contribution < -0.4 is 4.73 Å². The van der Waals surface area contributed by atoms with Crippen LogP contribution in [0.5, 0.6) is 0 Å². The number of nitro groups is 1. The smallest absolute Gasteiger partial charge is 0.524 e. The zero-order valence-electron chi connectivity index (χ0n) is 7.90. The summed E-state index contributed by atoms with van der Waals surface area (Å²) >= 11 is 1.01. The second-order valence-electron chi connectivity index (χ2n) is 2.83. The molecule has 2 rings (SSSR count). The molecule has 0 amide bonds. The Hall–Kier alpha value is -2.15. The van der Waals surface area contributed by atoms with Crippen LogP contribution in [0, 0.1) is 15.3 Å². The summed E-state index contributed by atoms with van der Waals surface area (Å²) in [6, 6.07) is 3.43. The van der Waals surface area contributed by atoms with Crippen LogP contribution in [0.4, 0.5) is 5.82 Å². The van der Waals surface area contributed by atoms with Gasteiger partial charge in [-0.05, 0) is 18.2 Å². The van der Waals surface area contributed by atoms with E-state index in [1.165, 1.54) is 17.7 Å². The summed E-state index contributed by atoms with van der Waals surface area (Å²) in [5.74, 6) is 0.111. The molecule has 0 aliphatic carbocycles. The van der Waals surface area contributed by atoms with Gasteiger partial charge in [0, 0.05) is 6.08 Å². The number of rotatable bonds is 3. The van der Waals surface area contributed by atoms with Gasteiger partial charge in [-0.2, -0.15) is 0 Å². The van der Waals surface area contributed by atoms with E-state index in [4.69, 9.17) is 4.42 Å². The van der Waals surface area contributed by atoms with Crippen LogP contribution in [0.2, 0.25) is 0 Å². The largest absolute Gasteiger partial charge is 0.613 e. The van der Waals surface area contributed by atoms with Gasteiger partial charge >= 0.3 is 5.82 Å². The van der Waals surface area contributed by atoms with E-state index in [2.05, 4.69) is 0 Å². The van der Waals surface area contributed by atoms with Gasteiger partial charge in [-0.3, -0.25) is 10.1 Å². The molecule has 16 heavy (non-hydrogen) atoms. The van der Waals surface area contributed by atoms with Gasteiger partial charge in [0.25, 0.3) is 5.01 Å². The molecule has 0 radical (unpaired) electrons. The van der Waals surface area contributed by atoms with Gasteiger partial charge < -0.3 is 9.62 Å². The van der Waals surface area contributed by atoms with Crippen molar-refractivity contribution in [3.8, 4) is 0 Å². The maximum atomic E-state index is 11.4. The third-order valence-electron chi connectivity index (χ3n) is 1.81. The van der Waals surface area contributed by atoms with Crippen molar-refractivity contribution in [1.82, 2.24) is 0 Å². The fraction of sp³-hybridized carbons (Fsp3) is 0.